The second kappa shape index (κ2) is 6.12. The van der Waals surface area contributed by atoms with Crippen molar-refractivity contribution in [3.05, 3.63) is 0 Å². The molecule has 0 aromatic heterocycles. The van der Waals surface area contributed by atoms with Gasteiger partial charge in [0.05, 0.1) is 32.3 Å². The van der Waals surface area contributed by atoms with Crippen LogP contribution in [0.15, 0.2) is 0 Å². The maximum absolute atomic E-state index is 5.88. The molecule has 1 aliphatic rings. The number of hydrogen-bond acceptors (Lipinski definition) is 0. The van der Waals surface area contributed by atoms with Crippen LogP contribution in [0.1, 0.15) is 0 Å². The van der Waals surface area contributed by atoms with Crippen LogP contribution in [0.5, 0.6) is 0 Å². The fraction of sp³-hybridized carbons (Fsp3) is 1.00. The van der Waals surface area contributed by atoms with E-state index in [1.807, 2.05) is 0 Å². The number of rotatable bonds is 0. The largest absolute Gasteiger partial charge is 0.187 e. The average molecular weight is 321 g/mol. The van der Waals surface area contributed by atoms with Gasteiger partial charge in [0, 0.05) is 0 Å². The van der Waals surface area contributed by atoms with Crippen molar-refractivity contribution in [1.29, 1.82) is 0 Å². The highest BCUT2D eigenvalue weighted by Crippen LogP contribution is 2.39. The lowest BCUT2D eigenvalue weighted by Crippen LogP contribution is -2.52. The highest BCUT2D eigenvalue weighted by atomic mass is 35.5. The average Bonchev–Trinajstić information content (AvgIpc) is 2.08. The van der Waals surface area contributed by atoms with Gasteiger partial charge in [0.2, 0.25) is 0 Å². The lowest BCUT2D eigenvalue weighted by molar-refractivity contribution is 0.544. The van der Waals surface area contributed by atoms with Crippen molar-refractivity contribution in [2.45, 2.75) is 32.3 Å². The minimum absolute atomic E-state index is 0. The Morgan fingerprint density at radius 3 is 0.538 bits per heavy atom. The monoisotopic (exact) mass is 318 g/mol. The van der Waals surface area contributed by atoms with E-state index in [1.54, 1.807) is 0 Å². The summed E-state index contributed by atoms with van der Waals surface area (Å²) in [6.45, 7) is 0. The second-order valence-electron chi connectivity index (χ2n) is 2.67. The third-order valence-corrected chi connectivity index (χ3v) is 5.86. The predicted octanol–water partition coefficient (Wildman–Crippen LogP) is 2.46. The molecule has 0 bridgehead atoms. The van der Waals surface area contributed by atoms with Crippen LogP contribution < -0.4 is 0 Å². The van der Waals surface area contributed by atoms with Crippen LogP contribution in [0.3, 0.4) is 0 Å². The lowest BCUT2D eigenvalue weighted by Gasteiger charge is -2.37. The van der Waals surface area contributed by atoms with Gasteiger partial charge in [-0.25, -0.2) is 0 Å². The summed E-state index contributed by atoms with van der Waals surface area (Å²) in [6, 6.07) is 0. The molecule has 78 valence electrons. The molecule has 0 radical (unpaired) electrons. The molecule has 0 amide bonds. The number of halogens is 6. The summed E-state index contributed by atoms with van der Waals surface area (Å²) in [6.07, 6.45) is 0. The van der Waals surface area contributed by atoms with Crippen LogP contribution in [-0.4, -0.2) is 49.6 Å². The molecule has 0 N–H and O–H groups in total. The van der Waals surface area contributed by atoms with Gasteiger partial charge in [-0.15, -0.1) is 69.6 Å². The van der Waals surface area contributed by atoms with Gasteiger partial charge in [-0.2, -0.15) is 0 Å². The van der Waals surface area contributed by atoms with Gasteiger partial charge in [-0.3, -0.25) is 0 Å². The van der Waals surface area contributed by atoms with E-state index in [1.165, 1.54) is 0 Å². The molecule has 0 atom stereocenters. The first-order valence-electron chi connectivity index (χ1n) is 3.31. The lowest BCUT2D eigenvalue weighted by atomic mass is 9.97. The summed E-state index contributed by atoms with van der Waals surface area (Å²) in [7, 11) is 0. The molecule has 0 aromatic carbocycles. The van der Waals surface area contributed by atoms with E-state index in [9.17, 15) is 0 Å². The maximum Gasteiger partial charge on any atom is 0.187 e. The smallest absolute Gasteiger partial charge is 0.120 e. The molecule has 0 nitrogen and oxygen atoms in total. The van der Waals surface area contributed by atoms with Crippen molar-refractivity contribution in [1.82, 2.24) is 0 Å². The normalized spacial score (nSPS) is 51.2. The molecule has 0 unspecified atom stereocenters. The Kier molecular flexibility index (Phi) is 7.19. The van der Waals surface area contributed by atoms with Crippen LogP contribution in [0, 0.1) is 0 Å². The molecule has 0 heterocycles. The Labute approximate surface area is 118 Å². The standard InChI is InChI=1S/C6H6Cl6.Al.3H/c7-1-2(8)4(10)6(12)5(11)3(1)9;;;;/h1-6H;;;;/t1-,2-,3-,4+,5+,6+;;;;. The van der Waals surface area contributed by atoms with Gasteiger partial charge >= 0.3 is 0 Å². The first-order chi connectivity index (χ1) is 5.46. The minimum Gasteiger partial charge on any atom is -0.120 e. The number of alkyl halides is 6. The van der Waals surface area contributed by atoms with Crippen molar-refractivity contribution in [3.63, 3.8) is 0 Å². The van der Waals surface area contributed by atoms with E-state index in [2.05, 4.69) is 0 Å². The van der Waals surface area contributed by atoms with Crippen LogP contribution >= 0.6 is 69.6 Å². The van der Waals surface area contributed by atoms with Crippen molar-refractivity contribution < 1.29 is 0 Å². The Morgan fingerprint density at radius 1 is 0.385 bits per heavy atom. The van der Waals surface area contributed by atoms with Crippen molar-refractivity contribution in [3.8, 4) is 0 Å². The third-order valence-electron chi connectivity index (χ3n) is 1.83. The molecule has 0 aromatic rings. The molecule has 1 aliphatic carbocycles. The van der Waals surface area contributed by atoms with Crippen molar-refractivity contribution in [2.24, 2.45) is 0 Å². The molecule has 1 saturated carbocycles. The summed E-state index contributed by atoms with van der Waals surface area (Å²) in [5.74, 6) is 0. The fourth-order valence-corrected chi connectivity index (χ4v) is 3.38. The summed E-state index contributed by atoms with van der Waals surface area (Å²) in [4.78, 5) is 0. The van der Waals surface area contributed by atoms with Gasteiger partial charge in [0.15, 0.2) is 17.4 Å². The second-order valence-corrected chi connectivity index (χ2v) is 5.69. The van der Waals surface area contributed by atoms with Crippen LogP contribution in [0.25, 0.3) is 0 Å². The Morgan fingerprint density at radius 2 is 0.462 bits per heavy atom. The van der Waals surface area contributed by atoms with Crippen molar-refractivity contribution in [2.75, 3.05) is 0 Å². The van der Waals surface area contributed by atoms with Gasteiger partial charge in [-0.05, 0) is 0 Å². The van der Waals surface area contributed by atoms with Gasteiger partial charge in [0.1, 0.15) is 0 Å². The summed E-state index contributed by atoms with van der Waals surface area (Å²) >= 11 is 35.3. The predicted molar refractivity (Wildman–Crippen MR) is 67.8 cm³/mol. The molecule has 13 heavy (non-hydrogen) atoms. The molecule has 1 fully saturated rings. The Balaban J connectivity index is 0.00000144. The first-order valence-corrected chi connectivity index (χ1v) is 5.93. The Bertz CT molecular complexity index is 109. The molecular formula is C6H9AlCl6. The molecule has 7 heteroatoms. The zero-order chi connectivity index (χ0) is 9.46. The van der Waals surface area contributed by atoms with E-state index >= 15 is 0 Å². The molecule has 0 saturated heterocycles. The molecule has 0 spiro atoms. The van der Waals surface area contributed by atoms with Gasteiger partial charge in [0.25, 0.3) is 0 Å². The SMILES string of the molecule is Cl[C@H]1[C@H](Cl)[C@@H](Cl)[C@@H](Cl)[C@H](Cl)[C@H]1Cl.[AlH3]. The van der Waals surface area contributed by atoms with Gasteiger partial charge < -0.3 is 0 Å². The molecule has 1 rings (SSSR count). The van der Waals surface area contributed by atoms with Crippen LogP contribution in [0.2, 0.25) is 0 Å². The molecule has 0 aliphatic heterocycles. The minimum atomic E-state index is -0.437. The van der Waals surface area contributed by atoms with E-state index in [0.29, 0.717) is 0 Å². The summed E-state index contributed by atoms with van der Waals surface area (Å²) in [5.41, 5.74) is 0. The topological polar surface area (TPSA) is 0 Å². The fourth-order valence-electron chi connectivity index (χ4n) is 1.05. The quantitative estimate of drug-likeness (QED) is 0.475. The highest BCUT2D eigenvalue weighted by molar-refractivity contribution is 6.45. The highest BCUT2D eigenvalue weighted by Gasteiger charge is 2.46. The van der Waals surface area contributed by atoms with Crippen molar-refractivity contribution >= 4 is 87.0 Å². The summed E-state index contributed by atoms with van der Waals surface area (Å²) in [5, 5.41) is -2.62. The van der Waals surface area contributed by atoms with Gasteiger partial charge in [-0.1, -0.05) is 0 Å². The van der Waals surface area contributed by atoms with E-state index in [0.717, 1.165) is 0 Å². The first kappa shape index (κ1) is 15.3. The summed E-state index contributed by atoms with van der Waals surface area (Å²) < 4.78 is 0. The van der Waals surface area contributed by atoms with E-state index in [4.69, 9.17) is 69.6 Å². The van der Waals surface area contributed by atoms with E-state index < -0.39 is 32.3 Å². The third kappa shape index (κ3) is 3.11. The Hall–Kier alpha value is 2.27. The maximum atomic E-state index is 5.88. The molecular weight excluding hydrogens is 312 g/mol. The zero-order valence-corrected chi connectivity index (χ0v) is 10.3. The number of hydrogen-bond donors (Lipinski definition) is 0. The van der Waals surface area contributed by atoms with Crippen LogP contribution in [-0.2, 0) is 0 Å². The van der Waals surface area contributed by atoms with E-state index in [-0.39, 0.29) is 17.4 Å². The van der Waals surface area contributed by atoms with Crippen LogP contribution in [0.4, 0.5) is 0 Å². The zero-order valence-electron chi connectivity index (χ0n) is 5.73.